The van der Waals surface area contributed by atoms with Crippen molar-refractivity contribution in [2.24, 2.45) is 0 Å². The van der Waals surface area contributed by atoms with E-state index < -0.39 is 6.04 Å². The van der Waals surface area contributed by atoms with Crippen molar-refractivity contribution in [2.75, 3.05) is 0 Å². The van der Waals surface area contributed by atoms with Gasteiger partial charge in [0.05, 0.1) is 34.8 Å². The van der Waals surface area contributed by atoms with E-state index in [9.17, 15) is 5.11 Å². The Morgan fingerprint density at radius 2 is 1.32 bits per heavy atom. The lowest BCUT2D eigenvalue weighted by molar-refractivity contribution is 0.448. The van der Waals surface area contributed by atoms with Crippen molar-refractivity contribution in [1.82, 2.24) is 14.5 Å². The highest BCUT2D eigenvalue weighted by atomic mass is 16.3. The molecule has 0 radical (unpaired) electrons. The minimum absolute atomic E-state index is 0.129. The van der Waals surface area contributed by atoms with Gasteiger partial charge in [0.15, 0.2) is 0 Å². The number of nitrogens with zero attached hydrogens (tertiary/aromatic N) is 3. The Hall–Kier alpha value is -6.26. The van der Waals surface area contributed by atoms with Crippen LogP contribution >= 0.6 is 0 Å². The number of rotatable bonds is 6. The Morgan fingerprint density at radius 1 is 0.589 bits per heavy atom. The SMILES string of the molecule is [2H]c1c([2H])c([2H])c(-c2ccnc(-c3cc(-c4cccc5c4nc(-c4cc(C)cc(C(C)(C)C)c4O)n5-c4ccc(C)cc4-c4ccccc4)cc(C(C)(C)C)c3)c2)c([2H])c1[2H]. The fourth-order valence-electron chi connectivity index (χ4n) is 7.47. The minimum atomic E-state index is -0.429. The molecule has 0 saturated heterocycles. The summed E-state index contributed by atoms with van der Waals surface area (Å²) in [6.45, 7) is 17.0. The lowest BCUT2D eigenvalue weighted by Crippen LogP contribution is -2.12. The number of hydrogen-bond acceptors (Lipinski definition) is 3. The molecule has 0 atom stereocenters. The standard InChI is InChI=1S/C52H49N3O/c1-33-22-23-46(42(26-33)36-18-13-10-14-19-36)55-47-21-15-20-41(48(47)54-50(55)43-27-34(2)28-44(49(43)56)52(6,7)8)38-29-39(31-40(30-38)51(3,4)5)45-32-37(24-25-53-45)35-16-11-9-12-17-35/h9-32,56H,1-8H3/i9D,11D,12D,16D,17D. The maximum atomic E-state index is 12.2. The van der Waals surface area contributed by atoms with Gasteiger partial charge in [-0.25, -0.2) is 4.98 Å². The minimum Gasteiger partial charge on any atom is -0.507 e. The topological polar surface area (TPSA) is 50.9 Å². The lowest BCUT2D eigenvalue weighted by atomic mass is 9.83. The van der Waals surface area contributed by atoms with Crippen LogP contribution in [0, 0.1) is 13.8 Å². The molecular weight excluding hydrogens is 683 g/mol. The summed E-state index contributed by atoms with van der Waals surface area (Å²) < 4.78 is 44.2. The number of aryl methyl sites for hydroxylation is 2. The molecule has 278 valence electrons. The van der Waals surface area contributed by atoms with E-state index in [1.807, 2.05) is 30.3 Å². The first kappa shape index (κ1) is 31.0. The van der Waals surface area contributed by atoms with Gasteiger partial charge in [0.1, 0.15) is 11.6 Å². The van der Waals surface area contributed by atoms with Gasteiger partial charge in [-0.1, -0.05) is 138 Å². The van der Waals surface area contributed by atoms with Gasteiger partial charge in [-0.05, 0) is 107 Å². The van der Waals surface area contributed by atoms with Crippen LogP contribution in [0.3, 0.4) is 0 Å². The third kappa shape index (κ3) is 6.92. The van der Waals surface area contributed by atoms with Crippen molar-refractivity contribution >= 4 is 11.0 Å². The molecule has 0 saturated carbocycles. The van der Waals surface area contributed by atoms with E-state index in [-0.39, 0.29) is 46.3 Å². The maximum absolute atomic E-state index is 12.2. The summed E-state index contributed by atoms with van der Waals surface area (Å²) in [5.41, 5.74) is 12.6. The first-order valence-electron chi connectivity index (χ1n) is 21.6. The fraction of sp³-hybridized carbons (Fsp3) is 0.192. The molecule has 0 aliphatic heterocycles. The smallest absolute Gasteiger partial charge is 0.149 e. The molecule has 0 amide bonds. The average molecular weight is 737 g/mol. The van der Waals surface area contributed by atoms with E-state index in [0.717, 1.165) is 66.8 Å². The molecule has 0 bridgehead atoms. The van der Waals surface area contributed by atoms with Gasteiger partial charge in [0.2, 0.25) is 0 Å². The predicted octanol–water partition coefficient (Wildman–Crippen LogP) is 13.7. The van der Waals surface area contributed by atoms with Crippen molar-refractivity contribution in [2.45, 2.75) is 66.2 Å². The van der Waals surface area contributed by atoms with Crippen LogP contribution < -0.4 is 0 Å². The zero-order valence-electron chi connectivity index (χ0n) is 38.3. The molecule has 8 aromatic rings. The molecule has 0 spiro atoms. The van der Waals surface area contributed by atoms with E-state index in [1.54, 1.807) is 18.3 Å². The zero-order chi connectivity index (χ0) is 43.7. The van der Waals surface area contributed by atoms with Crippen LogP contribution in [0.2, 0.25) is 0 Å². The average Bonchev–Trinajstić information content (AvgIpc) is 3.62. The van der Waals surface area contributed by atoms with Gasteiger partial charge in [-0.15, -0.1) is 0 Å². The van der Waals surface area contributed by atoms with E-state index in [0.29, 0.717) is 22.6 Å². The first-order valence-corrected chi connectivity index (χ1v) is 19.1. The molecule has 0 aliphatic carbocycles. The van der Waals surface area contributed by atoms with Crippen LogP contribution in [0.1, 0.15) is 70.7 Å². The summed E-state index contributed by atoms with van der Waals surface area (Å²) in [7, 11) is 0. The van der Waals surface area contributed by atoms with E-state index in [1.165, 1.54) is 0 Å². The summed E-state index contributed by atoms with van der Waals surface area (Å²) in [4.78, 5) is 10.3. The van der Waals surface area contributed by atoms with Gasteiger partial charge in [-0.3, -0.25) is 9.55 Å². The summed E-state index contributed by atoms with van der Waals surface area (Å²) in [5.74, 6) is 0.821. The maximum Gasteiger partial charge on any atom is 0.149 e. The van der Waals surface area contributed by atoms with Crippen LogP contribution in [-0.2, 0) is 10.8 Å². The van der Waals surface area contributed by atoms with Crippen LogP contribution in [0.5, 0.6) is 5.75 Å². The number of para-hydroxylation sites is 1. The second-order valence-electron chi connectivity index (χ2n) is 16.8. The zero-order valence-corrected chi connectivity index (χ0v) is 33.3. The molecule has 6 aromatic carbocycles. The van der Waals surface area contributed by atoms with Crippen molar-refractivity contribution in [3.05, 3.63) is 168 Å². The summed E-state index contributed by atoms with van der Waals surface area (Å²) in [6.07, 6.45) is 1.62. The molecule has 1 N–H and O–H groups in total. The normalized spacial score (nSPS) is 13.2. The third-order valence-electron chi connectivity index (χ3n) is 10.4. The summed E-state index contributed by atoms with van der Waals surface area (Å²) in [5, 5.41) is 12.2. The first-order chi connectivity index (χ1) is 28.8. The van der Waals surface area contributed by atoms with Crippen molar-refractivity contribution < 1.29 is 12.0 Å². The number of pyridine rings is 1. The van der Waals surface area contributed by atoms with Crippen molar-refractivity contribution in [1.29, 1.82) is 0 Å². The van der Waals surface area contributed by atoms with Crippen LogP contribution in [0.4, 0.5) is 0 Å². The lowest BCUT2D eigenvalue weighted by Gasteiger charge is -2.23. The van der Waals surface area contributed by atoms with Gasteiger partial charge in [0, 0.05) is 28.5 Å². The number of fused-ring (bicyclic) bond motifs is 1. The van der Waals surface area contributed by atoms with Crippen molar-refractivity contribution in [3.63, 3.8) is 0 Å². The van der Waals surface area contributed by atoms with E-state index in [4.69, 9.17) is 16.8 Å². The molecule has 0 aliphatic rings. The number of imidazole rings is 1. The Bertz CT molecular complexity index is 3000. The molecular formula is C52H49N3O. The second kappa shape index (κ2) is 14.1. The van der Waals surface area contributed by atoms with Crippen molar-refractivity contribution in [3.8, 4) is 67.5 Å². The van der Waals surface area contributed by atoms with Crippen LogP contribution in [0.15, 0.2) is 146 Å². The molecule has 2 heterocycles. The van der Waals surface area contributed by atoms with Gasteiger partial charge < -0.3 is 5.11 Å². The number of benzene rings is 6. The highest BCUT2D eigenvalue weighted by Gasteiger charge is 2.27. The van der Waals surface area contributed by atoms with E-state index in [2.05, 4.69) is 127 Å². The highest BCUT2D eigenvalue weighted by Crippen LogP contribution is 2.44. The largest absolute Gasteiger partial charge is 0.507 e. The summed E-state index contributed by atoms with van der Waals surface area (Å²) in [6, 6.07) is 35.2. The number of phenolic OH excluding ortho intramolecular Hbond substituents is 1. The number of aromatic nitrogens is 3. The molecule has 2 aromatic heterocycles. The van der Waals surface area contributed by atoms with Crippen LogP contribution in [-0.4, -0.2) is 19.6 Å². The summed E-state index contributed by atoms with van der Waals surface area (Å²) >= 11 is 0. The molecule has 0 unspecified atom stereocenters. The molecule has 8 rings (SSSR count). The molecule has 4 nitrogen and oxygen atoms in total. The fourth-order valence-corrected chi connectivity index (χ4v) is 7.47. The Labute approximate surface area is 338 Å². The molecule has 4 heteroatoms. The number of aromatic hydroxyl groups is 1. The monoisotopic (exact) mass is 736 g/mol. The quantitative estimate of drug-likeness (QED) is 0.185. The number of hydrogen-bond donors (Lipinski definition) is 1. The van der Waals surface area contributed by atoms with Gasteiger partial charge in [-0.2, -0.15) is 0 Å². The number of phenols is 1. The Balaban J connectivity index is 1.42. The van der Waals surface area contributed by atoms with Crippen LogP contribution in [0.25, 0.3) is 72.7 Å². The Morgan fingerprint density at radius 3 is 2.05 bits per heavy atom. The molecule has 0 fully saturated rings. The van der Waals surface area contributed by atoms with Gasteiger partial charge >= 0.3 is 0 Å². The second-order valence-corrected chi connectivity index (χ2v) is 16.8. The molecule has 56 heavy (non-hydrogen) atoms. The van der Waals surface area contributed by atoms with E-state index >= 15 is 0 Å². The highest BCUT2D eigenvalue weighted by molar-refractivity contribution is 5.98. The predicted molar refractivity (Wildman–Crippen MR) is 235 cm³/mol. The van der Waals surface area contributed by atoms with Gasteiger partial charge in [0.25, 0.3) is 0 Å². The Kier molecular flexibility index (Phi) is 7.81. The third-order valence-corrected chi connectivity index (χ3v) is 10.4.